The Morgan fingerprint density at radius 1 is 0.338 bits per heavy atom. The first-order valence-electron chi connectivity index (χ1n) is 26.8. The molecule has 0 bridgehead atoms. The van der Waals surface area contributed by atoms with Crippen LogP contribution in [0.5, 0.6) is 11.5 Å². The van der Waals surface area contributed by atoms with E-state index in [4.69, 9.17) is 15.2 Å². The highest BCUT2D eigenvalue weighted by atomic mass is 16.5. The molecule has 0 spiro atoms. The molecule has 0 amide bonds. The Bertz CT molecular complexity index is 1820. The zero-order chi connectivity index (χ0) is 45.7. The number of anilines is 1. The van der Waals surface area contributed by atoms with E-state index in [2.05, 4.69) is 34.3 Å². The van der Waals surface area contributed by atoms with E-state index < -0.39 is 0 Å². The highest BCUT2D eigenvalue weighted by Gasteiger charge is 2.09. The number of azo groups is 2. The van der Waals surface area contributed by atoms with Crippen molar-refractivity contribution in [3.05, 3.63) is 78.9 Å². The summed E-state index contributed by atoms with van der Waals surface area (Å²) in [6, 6.07) is 25.4. The van der Waals surface area contributed by atoms with Crippen molar-refractivity contribution in [2.75, 3.05) is 18.9 Å². The average molecular weight is 888 g/mol. The van der Waals surface area contributed by atoms with Crippen LogP contribution in [0.4, 0.5) is 28.4 Å². The summed E-state index contributed by atoms with van der Waals surface area (Å²) in [5, 5.41) is 20.1. The number of ether oxygens (including phenoxy) is 2. The van der Waals surface area contributed by atoms with E-state index in [1.54, 1.807) is 0 Å². The Morgan fingerprint density at radius 2 is 0.692 bits per heavy atom. The standard InChI is InChI=1S/C58H89N5O2/c1-3-5-7-9-11-13-15-17-19-21-23-25-27-29-31-33-48-64-52-42-38-50(39-43-52)60-62-57-37-35-36-55-54(57)46-47-56(59)58(55)63-61-51-40-44-53(45-41-51)65-49-34-32-30-28-26-24-22-20-18-16-14-12-10-8-6-4-2/h35-47H,3-34,48-49,59H2,1-2H3. The zero-order valence-electron chi connectivity index (χ0n) is 41.2. The summed E-state index contributed by atoms with van der Waals surface area (Å²) in [5.41, 5.74) is 9.86. The van der Waals surface area contributed by atoms with E-state index in [1.165, 1.54) is 193 Å². The Labute approximate surface area is 396 Å². The molecule has 0 atom stereocenters. The Balaban J connectivity index is 1.07. The molecule has 0 heterocycles. The Hall–Kier alpha value is -4.26. The minimum absolute atomic E-state index is 0.560. The maximum Gasteiger partial charge on any atom is 0.119 e. The van der Waals surface area contributed by atoms with Crippen LogP contribution < -0.4 is 15.2 Å². The van der Waals surface area contributed by atoms with Crippen molar-refractivity contribution in [3.8, 4) is 11.5 Å². The Morgan fingerprint density at radius 3 is 1.08 bits per heavy atom. The minimum atomic E-state index is 0.560. The SMILES string of the molecule is CCCCCCCCCCCCCCCCCCOc1ccc(N=Nc2cccc3c(N=Nc4ccc(OCCCCCCCCCCCCCCCCCC)cc4)c(N)ccc23)cc1. The molecule has 0 radical (unpaired) electrons. The van der Waals surface area contributed by atoms with E-state index in [-0.39, 0.29) is 0 Å². The number of hydrogen-bond donors (Lipinski definition) is 1. The molecular weight excluding hydrogens is 799 g/mol. The fourth-order valence-corrected chi connectivity index (χ4v) is 8.66. The van der Waals surface area contributed by atoms with Crippen LogP contribution in [0.2, 0.25) is 0 Å². The van der Waals surface area contributed by atoms with E-state index in [9.17, 15) is 0 Å². The second-order valence-electron chi connectivity index (χ2n) is 18.6. The molecule has 0 saturated carbocycles. The highest BCUT2D eigenvalue weighted by Crippen LogP contribution is 2.38. The molecule has 0 aliphatic heterocycles. The number of unbranched alkanes of at least 4 members (excludes halogenated alkanes) is 30. The summed E-state index contributed by atoms with van der Waals surface area (Å²) < 4.78 is 12.1. The smallest absolute Gasteiger partial charge is 0.119 e. The number of nitrogens with zero attached hydrogens (tertiary/aromatic N) is 4. The molecule has 4 aromatic carbocycles. The molecule has 0 unspecified atom stereocenters. The first-order chi connectivity index (χ1) is 32.2. The summed E-state index contributed by atoms with van der Waals surface area (Å²) >= 11 is 0. The van der Waals surface area contributed by atoms with Crippen molar-refractivity contribution >= 4 is 39.2 Å². The van der Waals surface area contributed by atoms with Crippen molar-refractivity contribution in [2.45, 2.75) is 219 Å². The van der Waals surface area contributed by atoms with Crippen LogP contribution in [0.3, 0.4) is 0 Å². The molecular formula is C58H89N5O2. The molecule has 7 heteroatoms. The van der Waals surface area contributed by atoms with Crippen molar-refractivity contribution in [1.82, 2.24) is 0 Å². The van der Waals surface area contributed by atoms with Crippen LogP contribution in [0.1, 0.15) is 219 Å². The largest absolute Gasteiger partial charge is 0.494 e. The fourth-order valence-electron chi connectivity index (χ4n) is 8.66. The first-order valence-corrected chi connectivity index (χ1v) is 26.8. The van der Waals surface area contributed by atoms with Crippen molar-refractivity contribution in [3.63, 3.8) is 0 Å². The van der Waals surface area contributed by atoms with Gasteiger partial charge in [0.15, 0.2) is 0 Å². The van der Waals surface area contributed by atoms with E-state index in [0.29, 0.717) is 11.4 Å². The van der Waals surface area contributed by atoms with E-state index in [1.807, 2.05) is 78.9 Å². The summed E-state index contributed by atoms with van der Waals surface area (Å²) in [4.78, 5) is 0. The monoisotopic (exact) mass is 888 g/mol. The molecule has 0 fully saturated rings. The third-order valence-electron chi connectivity index (χ3n) is 12.8. The molecule has 358 valence electrons. The third-order valence-corrected chi connectivity index (χ3v) is 12.8. The van der Waals surface area contributed by atoms with Gasteiger partial charge < -0.3 is 15.2 Å². The van der Waals surface area contributed by atoms with Crippen molar-refractivity contribution in [2.24, 2.45) is 20.5 Å². The van der Waals surface area contributed by atoms with Gasteiger partial charge in [-0.2, -0.15) is 10.2 Å². The predicted molar refractivity (Wildman–Crippen MR) is 280 cm³/mol. The van der Waals surface area contributed by atoms with Gasteiger partial charge in [-0.05, 0) is 79.6 Å². The molecule has 7 nitrogen and oxygen atoms in total. The number of nitrogen functional groups attached to an aromatic ring is 1. The van der Waals surface area contributed by atoms with Crippen LogP contribution in [0.15, 0.2) is 99.3 Å². The van der Waals surface area contributed by atoms with E-state index in [0.717, 1.165) is 65.4 Å². The second-order valence-corrected chi connectivity index (χ2v) is 18.6. The van der Waals surface area contributed by atoms with Crippen molar-refractivity contribution in [1.29, 1.82) is 0 Å². The normalized spacial score (nSPS) is 11.7. The lowest BCUT2D eigenvalue weighted by molar-refractivity contribution is 0.304. The number of hydrogen-bond acceptors (Lipinski definition) is 7. The maximum atomic E-state index is 6.43. The molecule has 0 aromatic heterocycles. The molecule has 0 saturated heterocycles. The number of fused-ring (bicyclic) bond motifs is 1. The van der Waals surface area contributed by atoms with Gasteiger partial charge in [-0.15, -0.1) is 10.2 Å². The van der Waals surface area contributed by atoms with Gasteiger partial charge in [0.05, 0.1) is 36.0 Å². The van der Waals surface area contributed by atoms with Crippen LogP contribution in [0, 0.1) is 0 Å². The quantitative estimate of drug-likeness (QED) is 0.0274. The Kier molecular flexibility index (Phi) is 29.5. The molecule has 4 aromatic rings. The lowest BCUT2D eigenvalue weighted by Gasteiger charge is -2.08. The molecule has 0 aliphatic rings. The van der Waals surface area contributed by atoms with Crippen LogP contribution >= 0.6 is 0 Å². The number of rotatable bonds is 40. The van der Waals surface area contributed by atoms with Crippen LogP contribution in [0.25, 0.3) is 10.8 Å². The van der Waals surface area contributed by atoms with Gasteiger partial charge in [0.1, 0.15) is 17.2 Å². The van der Waals surface area contributed by atoms with Gasteiger partial charge in [-0.25, -0.2) is 0 Å². The van der Waals surface area contributed by atoms with Gasteiger partial charge in [0.25, 0.3) is 0 Å². The zero-order valence-corrected chi connectivity index (χ0v) is 41.2. The lowest BCUT2D eigenvalue weighted by Crippen LogP contribution is -1.96. The topological polar surface area (TPSA) is 93.9 Å². The maximum absolute atomic E-state index is 6.43. The molecule has 65 heavy (non-hydrogen) atoms. The molecule has 0 aliphatic carbocycles. The summed E-state index contributed by atoms with van der Waals surface area (Å²) in [6.45, 7) is 6.07. The van der Waals surface area contributed by atoms with Gasteiger partial charge in [0, 0.05) is 10.8 Å². The molecule has 2 N–H and O–H groups in total. The van der Waals surface area contributed by atoms with E-state index >= 15 is 0 Å². The summed E-state index contributed by atoms with van der Waals surface area (Å²) in [6.07, 6.45) is 43.8. The number of nitrogens with two attached hydrogens (primary N) is 1. The summed E-state index contributed by atoms with van der Waals surface area (Å²) in [5.74, 6) is 1.73. The van der Waals surface area contributed by atoms with Gasteiger partial charge in [-0.3, -0.25) is 0 Å². The average Bonchev–Trinajstić information content (AvgIpc) is 3.33. The fraction of sp³-hybridized carbons (Fsp3) is 0.621. The molecule has 4 rings (SSSR count). The van der Waals surface area contributed by atoms with Gasteiger partial charge >= 0.3 is 0 Å². The highest BCUT2D eigenvalue weighted by molar-refractivity contribution is 6.03. The van der Waals surface area contributed by atoms with Crippen LogP contribution in [-0.4, -0.2) is 13.2 Å². The van der Waals surface area contributed by atoms with Gasteiger partial charge in [-0.1, -0.05) is 219 Å². The summed E-state index contributed by atoms with van der Waals surface area (Å²) in [7, 11) is 0. The minimum Gasteiger partial charge on any atom is -0.494 e. The van der Waals surface area contributed by atoms with Crippen molar-refractivity contribution < 1.29 is 9.47 Å². The lowest BCUT2D eigenvalue weighted by atomic mass is 10.0. The first kappa shape index (κ1) is 53.4. The van der Waals surface area contributed by atoms with Crippen LogP contribution in [-0.2, 0) is 0 Å². The van der Waals surface area contributed by atoms with Gasteiger partial charge in [0.2, 0.25) is 0 Å². The number of benzene rings is 4. The second kappa shape index (κ2) is 35.9. The third kappa shape index (κ3) is 24.2. The predicted octanol–water partition coefficient (Wildman–Crippen LogP) is 20.5.